The fourth-order valence-electron chi connectivity index (χ4n) is 1.80. The van der Waals surface area contributed by atoms with Crippen LogP contribution in [-0.2, 0) is 5.60 Å². The van der Waals surface area contributed by atoms with Crippen LogP contribution >= 0.6 is 0 Å². The second kappa shape index (κ2) is 4.38. The lowest BCUT2D eigenvalue weighted by Gasteiger charge is -2.18. The van der Waals surface area contributed by atoms with Gasteiger partial charge in [0.15, 0.2) is 0 Å². The van der Waals surface area contributed by atoms with Gasteiger partial charge in [0.25, 0.3) is 0 Å². The predicted octanol–water partition coefficient (Wildman–Crippen LogP) is 1.77. The number of hydrogen-bond donors (Lipinski definition) is 1. The van der Waals surface area contributed by atoms with Gasteiger partial charge in [-0.2, -0.15) is 5.10 Å². The molecule has 1 heterocycles. The number of aryl methyl sites for hydroxylation is 1. The monoisotopic (exact) mass is 244 g/mol. The first-order chi connectivity index (χ1) is 8.39. The van der Waals surface area contributed by atoms with Gasteiger partial charge < -0.3 is 5.11 Å². The van der Waals surface area contributed by atoms with Crippen molar-refractivity contribution in [1.82, 2.24) is 9.78 Å². The number of benzene rings is 1. The molecular formula is C14H16N2O2. The molecule has 0 radical (unpaired) electrons. The lowest BCUT2D eigenvalue weighted by molar-refractivity contribution is 0.0709. The van der Waals surface area contributed by atoms with Crippen LogP contribution in [-0.4, -0.2) is 14.9 Å². The van der Waals surface area contributed by atoms with Crippen molar-refractivity contribution >= 4 is 0 Å². The van der Waals surface area contributed by atoms with Gasteiger partial charge in [0.1, 0.15) is 11.3 Å². The Hall–Kier alpha value is -1.94. The normalized spacial score (nSPS) is 11.6. The maximum atomic E-state index is 11.8. The molecule has 4 heteroatoms. The van der Waals surface area contributed by atoms with Gasteiger partial charge in [0.05, 0.1) is 5.69 Å². The first kappa shape index (κ1) is 12.5. The average molecular weight is 244 g/mol. The quantitative estimate of drug-likeness (QED) is 0.876. The Labute approximate surface area is 106 Å². The summed E-state index contributed by atoms with van der Waals surface area (Å²) in [4.78, 5) is 11.8. The molecule has 4 nitrogen and oxygen atoms in total. The molecule has 0 atom stereocenters. The van der Waals surface area contributed by atoms with Crippen LogP contribution in [0.3, 0.4) is 0 Å². The van der Waals surface area contributed by atoms with Crippen LogP contribution in [0.2, 0.25) is 0 Å². The Morgan fingerprint density at radius 3 is 2.39 bits per heavy atom. The summed E-state index contributed by atoms with van der Waals surface area (Å²) in [7, 11) is 0. The number of rotatable bonds is 2. The van der Waals surface area contributed by atoms with Gasteiger partial charge in [-0.3, -0.25) is 4.79 Å². The van der Waals surface area contributed by atoms with Gasteiger partial charge in [-0.1, -0.05) is 18.2 Å². The van der Waals surface area contributed by atoms with E-state index >= 15 is 0 Å². The Morgan fingerprint density at radius 2 is 1.83 bits per heavy atom. The van der Waals surface area contributed by atoms with Crippen LogP contribution in [0.5, 0.6) is 0 Å². The van der Waals surface area contributed by atoms with Crippen LogP contribution in [0.25, 0.3) is 5.69 Å². The van der Waals surface area contributed by atoms with E-state index in [1.54, 1.807) is 18.5 Å². The molecule has 1 N–H and O–H groups in total. The lowest BCUT2D eigenvalue weighted by Crippen LogP contribution is -2.30. The summed E-state index contributed by atoms with van der Waals surface area (Å²) in [6, 6.07) is 11.0. The molecule has 1 aromatic carbocycles. The third kappa shape index (κ3) is 2.33. The first-order valence-electron chi connectivity index (χ1n) is 5.79. The SMILES string of the molecule is Cc1cc(=O)c(C(C)(C)O)nn1-c1ccccc1. The number of para-hydroxylation sites is 1. The molecule has 0 saturated carbocycles. The Bertz CT molecular complexity index is 610. The number of hydrogen-bond acceptors (Lipinski definition) is 3. The van der Waals surface area contributed by atoms with Crippen molar-refractivity contribution in [2.75, 3.05) is 0 Å². The number of aromatic nitrogens is 2. The second-order valence-corrected chi connectivity index (χ2v) is 4.80. The minimum absolute atomic E-state index is 0.150. The van der Waals surface area contributed by atoms with Crippen molar-refractivity contribution in [3.8, 4) is 5.69 Å². The van der Waals surface area contributed by atoms with E-state index < -0.39 is 5.60 Å². The van der Waals surface area contributed by atoms with Crippen molar-refractivity contribution in [3.63, 3.8) is 0 Å². The molecule has 0 spiro atoms. The van der Waals surface area contributed by atoms with Crippen LogP contribution in [0, 0.1) is 6.92 Å². The Kier molecular flexibility index (Phi) is 3.05. The van der Waals surface area contributed by atoms with Crippen molar-refractivity contribution in [2.24, 2.45) is 0 Å². The first-order valence-corrected chi connectivity index (χ1v) is 5.79. The zero-order chi connectivity index (χ0) is 13.3. The van der Waals surface area contributed by atoms with Gasteiger partial charge in [0.2, 0.25) is 5.43 Å². The maximum Gasteiger partial charge on any atom is 0.206 e. The summed E-state index contributed by atoms with van der Waals surface area (Å²) in [5.74, 6) is 0. The molecular weight excluding hydrogens is 228 g/mol. The average Bonchev–Trinajstić information content (AvgIpc) is 2.28. The van der Waals surface area contributed by atoms with Gasteiger partial charge in [-0.25, -0.2) is 4.68 Å². The summed E-state index contributed by atoms with van der Waals surface area (Å²) in [6.45, 7) is 4.93. The molecule has 0 unspecified atom stereocenters. The zero-order valence-electron chi connectivity index (χ0n) is 10.7. The van der Waals surface area contributed by atoms with Gasteiger partial charge in [-0.15, -0.1) is 0 Å². The smallest absolute Gasteiger partial charge is 0.206 e. The molecule has 0 aliphatic carbocycles. The molecule has 18 heavy (non-hydrogen) atoms. The predicted molar refractivity (Wildman–Crippen MR) is 69.8 cm³/mol. The van der Waals surface area contributed by atoms with Crippen molar-refractivity contribution in [1.29, 1.82) is 0 Å². The van der Waals surface area contributed by atoms with Crippen LogP contribution in [0.15, 0.2) is 41.2 Å². The van der Waals surface area contributed by atoms with Crippen molar-refractivity contribution in [2.45, 2.75) is 26.4 Å². The largest absolute Gasteiger partial charge is 0.384 e. The molecule has 0 aliphatic heterocycles. The van der Waals surface area contributed by atoms with E-state index in [-0.39, 0.29) is 11.1 Å². The molecule has 0 saturated heterocycles. The van der Waals surface area contributed by atoms with E-state index in [2.05, 4.69) is 5.10 Å². The topological polar surface area (TPSA) is 55.1 Å². The third-order valence-electron chi connectivity index (χ3n) is 2.69. The van der Waals surface area contributed by atoms with Crippen LogP contribution in [0.4, 0.5) is 0 Å². The van der Waals surface area contributed by atoms with E-state index in [1.165, 1.54) is 6.07 Å². The lowest BCUT2D eigenvalue weighted by atomic mass is 10.0. The van der Waals surface area contributed by atoms with Crippen molar-refractivity contribution < 1.29 is 5.11 Å². The Balaban J connectivity index is 2.67. The molecule has 2 aromatic rings. The molecule has 0 fully saturated rings. The minimum atomic E-state index is -1.25. The fraction of sp³-hybridized carbons (Fsp3) is 0.286. The summed E-state index contributed by atoms with van der Waals surface area (Å²) < 4.78 is 1.66. The van der Waals surface area contributed by atoms with E-state index in [0.717, 1.165) is 11.4 Å². The number of nitrogens with zero attached hydrogens (tertiary/aromatic N) is 2. The molecule has 0 amide bonds. The highest BCUT2D eigenvalue weighted by molar-refractivity contribution is 5.32. The molecule has 0 bridgehead atoms. The molecule has 2 rings (SSSR count). The summed E-state index contributed by atoms with van der Waals surface area (Å²) in [5, 5.41) is 14.2. The van der Waals surface area contributed by atoms with E-state index in [9.17, 15) is 9.90 Å². The highest BCUT2D eigenvalue weighted by atomic mass is 16.3. The van der Waals surface area contributed by atoms with E-state index in [4.69, 9.17) is 0 Å². The summed E-state index contributed by atoms with van der Waals surface area (Å²) in [6.07, 6.45) is 0. The molecule has 0 aliphatic rings. The highest BCUT2D eigenvalue weighted by Crippen LogP contribution is 2.15. The van der Waals surface area contributed by atoms with Gasteiger partial charge in [0, 0.05) is 11.8 Å². The van der Waals surface area contributed by atoms with E-state index in [1.807, 2.05) is 37.3 Å². The van der Waals surface area contributed by atoms with E-state index in [0.29, 0.717) is 0 Å². The number of aliphatic hydroxyl groups is 1. The Morgan fingerprint density at radius 1 is 1.22 bits per heavy atom. The second-order valence-electron chi connectivity index (χ2n) is 4.80. The molecule has 94 valence electrons. The van der Waals surface area contributed by atoms with Crippen molar-refractivity contribution in [3.05, 3.63) is 58.0 Å². The zero-order valence-corrected chi connectivity index (χ0v) is 10.7. The third-order valence-corrected chi connectivity index (χ3v) is 2.69. The van der Waals surface area contributed by atoms with Crippen LogP contribution < -0.4 is 5.43 Å². The highest BCUT2D eigenvalue weighted by Gasteiger charge is 2.23. The standard InChI is InChI=1S/C14H16N2O2/c1-10-9-12(17)13(14(2,3)18)15-16(10)11-7-5-4-6-8-11/h4-9,18H,1-3H3. The molecule has 1 aromatic heterocycles. The summed E-state index contributed by atoms with van der Waals surface area (Å²) >= 11 is 0. The van der Waals surface area contributed by atoms with Gasteiger partial charge >= 0.3 is 0 Å². The maximum absolute atomic E-state index is 11.8. The van der Waals surface area contributed by atoms with Crippen LogP contribution in [0.1, 0.15) is 25.2 Å². The fourth-order valence-corrected chi connectivity index (χ4v) is 1.80. The van der Waals surface area contributed by atoms with Gasteiger partial charge in [-0.05, 0) is 32.9 Å². The summed E-state index contributed by atoms with van der Waals surface area (Å²) in [5.41, 5.74) is 0.255. The minimum Gasteiger partial charge on any atom is -0.384 e.